The average Bonchev–Trinajstić information content (AvgIpc) is 3.50. The average molecular weight is 488 g/mol. The number of methoxy groups -OCH3 is 1. The van der Waals surface area contributed by atoms with E-state index in [0.29, 0.717) is 23.4 Å². The molecule has 36 heavy (non-hydrogen) atoms. The maximum absolute atomic E-state index is 5.57. The number of hydrogen-bond acceptors (Lipinski definition) is 7. The maximum Gasteiger partial charge on any atom is 0.197 e. The van der Waals surface area contributed by atoms with Gasteiger partial charge in [0, 0.05) is 23.5 Å². The van der Waals surface area contributed by atoms with E-state index in [4.69, 9.17) is 19.6 Å². The standard InChI is InChI=1S/C27H33N7O2/c1-16(2)24-25(19-10-23(35-4)27-29-15-30-34(27)12-19)31-32-26(24)22-9-17(3)21(11-28-22)18-5-7-33(8-6-18)20-13-36-14-20/h9-12,15-16,18,20H,5-8,13-14H2,1-4H3,(H,31,32). The summed E-state index contributed by atoms with van der Waals surface area (Å²) in [7, 11) is 1.65. The summed E-state index contributed by atoms with van der Waals surface area (Å²) in [5.41, 5.74) is 8.18. The number of aromatic nitrogens is 6. The van der Waals surface area contributed by atoms with Crippen LogP contribution in [0.1, 0.15) is 55.2 Å². The number of nitrogens with zero attached hydrogens (tertiary/aromatic N) is 6. The van der Waals surface area contributed by atoms with Gasteiger partial charge < -0.3 is 9.47 Å². The molecule has 0 amide bonds. The number of likely N-dealkylation sites (tertiary alicyclic amines) is 1. The monoisotopic (exact) mass is 487 g/mol. The molecule has 0 spiro atoms. The summed E-state index contributed by atoms with van der Waals surface area (Å²) < 4.78 is 12.7. The Labute approximate surface area is 210 Å². The fourth-order valence-corrected chi connectivity index (χ4v) is 5.64. The number of pyridine rings is 2. The van der Waals surface area contributed by atoms with Gasteiger partial charge in [-0.15, -0.1) is 0 Å². The van der Waals surface area contributed by atoms with Gasteiger partial charge in [0.15, 0.2) is 11.4 Å². The Bertz CT molecular complexity index is 1380. The highest BCUT2D eigenvalue weighted by molar-refractivity contribution is 5.75. The molecule has 2 fully saturated rings. The quantitative estimate of drug-likeness (QED) is 0.436. The molecule has 2 saturated heterocycles. The lowest BCUT2D eigenvalue weighted by atomic mass is 9.86. The summed E-state index contributed by atoms with van der Waals surface area (Å²) in [4.78, 5) is 11.8. The van der Waals surface area contributed by atoms with E-state index in [1.165, 1.54) is 30.3 Å². The zero-order chi connectivity index (χ0) is 24.8. The number of rotatable bonds is 6. The van der Waals surface area contributed by atoms with Crippen molar-refractivity contribution in [3.63, 3.8) is 0 Å². The van der Waals surface area contributed by atoms with Gasteiger partial charge in [-0.2, -0.15) is 10.2 Å². The second kappa shape index (κ2) is 9.29. The molecule has 0 radical (unpaired) electrons. The van der Waals surface area contributed by atoms with Crippen molar-refractivity contribution < 1.29 is 9.47 Å². The van der Waals surface area contributed by atoms with E-state index in [1.54, 1.807) is 11.6 Å². The first-order chi connectivity index (χ1) is 17.5. The Morgan fingerprint density at radius 2 is 1.94 bits per heavy atom. The molecule has 0 saturated carbocycles. The minimum absolute atomic E-state index is 0.243. The van der Waals surface area contributed by atoms with Gasteiger partial charge in [0.05, 0.1) is 43.4 Å². The van der Waals surface area contributed by atoms with Crippen LogP contribution in [0.5, 0.6) is 5.75 Å². The molecule has 9 heteroatoms. The Hall–Kier alpha value is -3.30. The zero-order valence-corrected chi connectivity index (χ0v) is 21.4. The van der Waals surface area contributed by atoms with Crippen LogP contribution in [0.4, 0.5) is 0 Å². The third-order valence-corrected chi connectivity index (χ3v) is 7.73. The molecule has 188 valence electrons. The van der Waals surface area contributed by atoms with E-state index in [1.807, 2.05) is 12.3 Å². The van der Waals surface area contributed by atoms with Gasteiger partial charge in [-0.25, -0.2) is 9.50 Å². The molecule has 2 aliphatic heterocycles. The van der Waals surface area contributed by atoms with Gasteiger partial charge in [0.1, 0.15) is 6.33 Å². The van der Waals surface area contributed by atoms with Crippen molar-refractivity contribution >= 4 is 5.65 Å². The molecule has 6 rings (SSSR count). The van der Waals surface area contributed by atoms with Crippen LogP contribution in [0.2, 0.25) is 0 Å². The SMILES string of the molecule is COc1cc(-c2n[nH]c(-c3cc(C)c(C4CCN(C5COC5)CC4)cn3)c2C(C)C)cn2ncnc12. The summed E-state index contributed by atoms with van der Waals surface area (Å²) in [5.74, 6) is 1.47. The van der Waals surface area contributed by atoms with Gasteiger partial charge in [0.2, 0.25) is 0 Å². The van der Waals surface area contributed by atoms with E-state index < -0.39 is 0 Å². The van der Waals surface area contributed by atoms with E-state index in [0.717, 1.165) is 54.5 Å². The number of hydrogen-bond donors (Lipinski definition) is 1. The Morgan fingerprint density at radius 3 is 2.61 bits per heavy atom. The molecule has 0 aliphatic carbocycles. The van der Waals surface area contributed by atoms with E-state index in [9.17, 15) is 0 Å². The van der Waals surface area contributed by atoms with E-state index >= 15 is 0 Å². The summed E-state index contributed by atoms with van der Waals surface area (Å²) in [6, 6.07) is 4.81. The van der Waals surface area contributed by atoms with Crippen molar-refractivity contribution in [1.82, 2.24) is 34.7 Å². The highest BCUT2D eigenvalue weighted by Gasteiger charge is 2.31. The molecule has 0 aromatic carbocycles. The number of aromatic amines is 1. The van der Waals surface area contributed by atoms with Crippen molar-refractivity contribution in [2.75, 3.05) is 33.4 Å². The van der Waals surface area contributed by atoms with Gasteiger partial charge in [0.25, 0.3) is 0 Å². The lowest BCUT2D eigenvalue weighted by Gasteiger charge is -2.41. The van der Waals surface area contributed by atoms with Crippen LogP contribution in [-0.4, -0.2) is 74.1 Å². The molecule has 4 aromatic rings. The molecule has 9 nitrogen and oxygen atoms in total. The van der Waals surface area contributed by atoms with Crippen LogP contribution >= 0.6 is 0 Å². The first-order valence-electron chi connectivity index (χ1n) is 12.8. The molecular weight excluding hydrogens is 454 g/mol. The fourth-order valence-electron chi connectivity index (χ4n) is 5.64. The predicted octanol–water partition coefficient (Wildman–Crippen LogP) is 4.20. The first-order valence-corrected chi connectivity index (χ1v) is 12.8. The summed E-state index contributed by atoms with van der Waals surface area (Å²) >= 11 is 0. The normalized spacial score (nSPS) is 17.7. The minimum atomic E-state index is 0.243. The van der Waals surface area contributed by atoms with Crippen LogP contribution in [0.3, 0.4) is 0 Å². The number of ether oxygens (including phenoxy) is 2. The molecule has 0 atom stereocenters. The predicted molar refractivity (Wildman–Crippen MR) is 137 cm³/mol. The minimum Gasteiger partial charge on any atom is -0.493 e. The third-order valence-electron chi connectivity index (χ3n) is 7.73. The van der Waals surface area contributed by atoms with E-state index in [2.05, 4.69) is 53.1 Å². The Balaban J connectivity index is 1.30. The number of H-pyrrole nitrogens is 1. The lowest BCUT2D eigenvalue weighted by Crippen LogP contribution is -2.51. The molecule has 0 unspecified atom stereocenters. The lowest BCUT2D eigenvalue weighted by molar-refractivity contribution is -0.0712. The summed E-state index contributed by atoms with van der Waals surface area (Å²) in [6.07, 6.45) is 7.92. The Morgan fingerprint density at radius 1 is 1.14 bits per heavy atom. The van der Waals surface area contributed by atoms with Crippen molar-refractivity contribution in [1.29, 1.82) is 0 Å². The summed E-state index contributed by atoms with van der Waals surface area (Å²) in [6.45, 7) is 10.6. The third kappa shape index (κ3) is 3.96. The number of nitrogens with one attached hydrogen (secondary N) is 1. The number of fused-ring (bicyclic) bond motifs is 1. The largest absolute Gasteiger partial charge is 0.493 e. The van der Waals surface area contributed by atoms with Crippen LogP contribution in [0, 0.1) is 6.92 Å². The van der Waals surface area contributed by atoms with Gasteiger partial charge in [-0.1, -0.05) is 13.8 Å². The van der Waals surface area contributed by atoms with Crippen molar-refractivity contribution in [2.24, 2.45) is 0 Å². The topological polar surface area (TPSA) is 93.5 Å². The number of piperidine rings is 1. The molecule has 1 N–H and O–H groups in total. The second-order valence-corrected chi connectivity index (χ2v) is 10.3. The summed E-state index contributed by atoms with van der Waals surface area (Å²) in [5, 5.41) is 12.3. The molecule has 2 aliphatic rings. The van der Waals surface area contributed by atoms with Crippen molar-refractivity contribution in [3.05, 3.63) is 47.5 Å². The molecule has 4 aromatic heterocycles. The van der Waals surface area contributed by atoms with E-state index in [-0.39, 0.29) is 5.92 Å². The highest BCUT2D eigenvalue weighted by atomic mass is 16.5. The number of aryl methyl sites for hydroxylation is 1. The molecule has 0 bridgehead atoms. The van der Waals surface area contributed by atoms with Gasteiger partial charge in [-0.3, -0.25) is 15.0 Å². The first kappa shape index (κ1) is 23.1. The van der Waals surface area contributed by atoms with Crippen LogP contribution in [-0.2, 0) is 4.74 Å². The van der Waals surface area contributed by atoms with Gasteiger partial charge >= 0.3 is 0 Å². The maximum atomic E-state index is 5.57. The van der Waals surface area contributed by atoms with Gasteiger partial charge in [-0.05, 0) is 68.0 Å². The molecule has 6 heterocycles. The fraction of sp³-hybridized carbons (Fsp3) is 0.481. The van der Waals surface area contributed by atoms with Crippen molar-refractivity contribution in [3.8, 4) is 28.4 Å². The smallest absolute Gasteiger partial charge is 0.197 e. The highest BCUT2D eigenvalue weighted by Crippen LogP contribution is 2.38. The van der Waals surface area contributed by atoms with Crippen LogP contribution in [0.25, 0.3) is 28.3 Å². The van der Waals surface area contributed by atoms with Crippen LogP contribution < -0.4 is 4.74 Å². The zero-order valence-electron chi connectivity index (χ0n) is 21.4. The van der Waals surface area contributed by atoms with Crippen molar-refractivity contribution in [2.45, 2.75) is 51.5 Å². The molecular formula is C27H33N7O2. The second-order valence-electron chi connectivity index (χ2n) is 10.3. The Kier molecular flexibility index (Phi) is 5.97. The van der Waals surface area contributed by atoms with Crippen LogP contribution in [0.15, 0.2) is 30.9 Å².